The van der Waals surface area contributed by atoms with Crippen molar-refractivity contribution in [2.75, 3.05) is 26.2 Å². The first-order chi connectivity index (χ1) is 7.63. The second-order valence-corrected chi connectivity index (χ2v) is 4.89. The molecule has 1 amide bonds. The van der Waals surface area contributed by atoms with Gasteiger partial charge in [0.1, 0.15) is 0 Å². The largest absolute Gasteiger partial charge is 0.396 e. The molecule has 0 spiro atoms. The minimum atomic E-state index is 0.110. The van der Waals surface area contributed by atoms with Gasteiger partial charge in [0, 0.05) is 25.7 Å². The van der Waals surface area contributed by atoms with Crippen LogP contribution in [0.1, 0.15) is 33.1 Å². The fourth-order valence-electron chi connectivity index (χ4n) is 1.61. The van der Waals surface area contributed by atoms with Crippen LogP contribution in [0.15, 0.2) is 0 Å². The summed E-state index contributed by atoms with van der Waals surface area (Å²) in [6, 6.07) is 0.346. The third kappa shape index (κ3) is 5.47. The zero-order valence-electron chi connectivity index (χ0n) is 10.4. The molecule has 0 aromatic rings. The molecular formula is C12H24N2O2. The van der Waals surface area contributed by atoms with Crippen molar-refractivity contribution >= 4 is 5.91 Å². The molecule has 4 heteroatoms. The van der Waals surface area contributed by atoms with Crippen LogP contribution in [0.25, 0.3) is 0 Å². The Kier molecular flexibility index (Phi) is 5.77. The highest BCUT2D eigenvalue weighted by molar-refractivity contribution is 5.78. The number of aliphatic hydroxyl groups excluding tert-OH is 1. The van der Waals surface area contributed by atoms with Crippen molar-refractivity contribution in [3.05, 3.63) is 0 Å². The summed E-state index contributed by atoms with van der Waals surface area (Å²) in [7, 11) is 0. The molecule has 4 nitrogen and oxygen atoms in total. The summed E-state index contributed by atoms with van der Waals surface area (Å²) in [4.78, 5) is 13.7. The monoisotopic (exact) mass is 228 g/mol. The van der Waals surface area contributed by atoms with Crippen LogP contribution in [0.2, 0.25) is 0 Å². The number of amides is 1. The van der Waals surface area contributed by atoms with Crippen LogP contribution in [0.3, 0.4) is 0 Å². The van der Waals surface area contributed by atoms with E-state index in [0.29, 0.717) is 12.6 Å². The van der Waals surface area contributed by atoms with Crippen molar-refractivity contribution < 1.29 is 9.90 Å². The van der Waals surface area contributed by atoms with Crippen molar-refractivity contribution in [1.82, 2.24) is 10.2 Å². The molecule has 0 aromatic carbocycles. The highest BCUT2D eigenvalue weighted by atomic mass is 16.3. The smallest absolute Gasteiger partial charge is 0.234 e. The minimum Gasteiger partial charge on any atom is -0.396 e. The van der Waals surface area contributed by atoms with Gasteiger partial charge in [0.05, 0.1) is 6.54 Å². The molecule has 1 saturated carbocycles. The molecule has 0 radical (unpaired) electrons. The average Bonchev–Trinajstić information content (AvgIpc) is 3.04. The van der Waals surface area contributed by atoms with Gasteiger partial charge in [-0.2, -0.15) is 0 Å². The van der Waals surface area contributed by atoms with Crippen LogP contribution >= 0.6 is 0 Å². The lowest BCUT2D eigenvalue weighted by molar-refractivity contribution is -0.122. The zero-order valence-corrected chi connectivity index (χ0v) is 10.4. The Hall–Kier alpha value is -0.610. The summed E-state index contributed by atoms with van der Waals surface area (Å²) in [5.74, 6) is 0.840. The van der Waals surface area contributed by atoms with E-state index in [1.54, 1.807) is 0 Å². The van der Waals surface area contributed by atoms with E-state index in [1.165, 1.54) is 12.8 Å². The second-order valence-electron chi connectivity index (χ2n) is 4.89. The predicted octanol–water partition coefficient (Wildman–Crippen LogP) is 0.605. The first-order valence-electron chi connectivity index (χ1n) is 6.25. The lowest BCUT2D eigenvalue weighted by atomic mass is 10.3. The number of hydrogen-bond acceptors (Lipinski definition) is 3. The molecule has 0 saturated heterocycles. The number of hydrogen-bond donors (Lipinski definition) is 2. The Balaban J connectivity index is 2.19. The fourth-order valence-corrected chi connectivity index (χ4v) is 1.61. The number of rotatable bonds is 8. The van der Waals surface area contributed by atoms with E-state index < -0.39 is 0 Å². The van der Waals surface area contributed by atoms with Crippen molar-refractivity contribution in [2.24, 2.45) is 5.92 Å². The van der Waals surface area contributed by atoms with Crippen LogP contribution in [-0.2, 0) is 4.79 Å². The standard InChI is InChI=1S/C12H24N2O2/c1-10(2)14(6-3-7-15)9-12(16)13-8-11-4-5-11/h10-11,15H,3-9H2,1-2H3,(H,13,16). The van der Waals surface area contributed by atoms with Gasteiger partial charge in [-0.3, -0.25) is 9.69 Å². The molecule has 16 heavy (non-hydrogen) atoms. The highest BCUT2D eigenvalue weighted by Gasteiger charge is 2.22. The Morgan fingerprint density at radius 1 is 1.50 bits per heavy atom. The van der Waals surface area contributed by atoms with E-state index in [4.69, 9.17) is 5.11 Å². The van der Waals surface area contributed by atoms with Crippen LogP contribution in [0.4, 0.5) is 0 Å². The number of aliphatic hydroxyl groups is 1. The van der Waals surface area contributed by atoms with Crippen LogP contribution in [-0.4, -0.2) is 48.2 Å². The quantitative estimate of drug-likeness (QED) is 0.640. The normalized spacial score (nSPS) is 15.8. The van der Waals surface area contributed by atoms with Crippen molar-refractivity contribution in [3.8, 4) is 0 Å². The third-order valence-electron chi connectivity index (χ3n) is 2.97. The maximum atomic E-state index is 11.6. The van der Waals surface area contributed by atoms with Gasteiger partial charge in [-0.1, -0.05) is 0 Å². The Labute approximate surface area is 98.0 Å². The molecule has 0 unspecified atom stereocenters. The van der Waals surface area contributed by atoms with E-state index in [2.05, 4.69) is 24.1 Å². The molecule has 1 aliphatic carbocycles. The Bertz CT molecular complexity index is 215. The van der Waals surface area contributed by atoms with Gasteiger partial charge in [0.15, 0.2) is 0 Å². The molecule has 2 N–H and O–H groups in total. The molecule has 0 atom stereocenters. The summed E-state index contributed by atoms with van der Waals surface area (Å²) in [5.41, 5.74) is 0. The van der Waals surface area contributed by atoms with Gasteiger partial charge in [-0.25, -0.2) is 0 Å². The van der Waals surface area contributed by atoms with Crippen LogP contribution in [0, 0.1) is 5.92 Å². The summed E-state index contributed by atoms with van der Waals surface area (Å²) in [6.07, 6.45) is 3.26. The topological polar surface area (TPSA) is 52.6 Å². The lowest BCUT2D eigenvalue weighted by Crippen LogP contribution is -2.42. The number of carbonyl (C=O) groups is 1. The van der Waals surface area contributed by atoms with Gasteiger partial charge < -0.3 is 10.4 Å². The summed E-state index contributed by atoms with van der Waals surface area (Å²) in [6.45, 7) is 6.41. The van der Waals surface area contributed by atoms with Gasteiger partial charge in [-0.15, -0.1) is 0 Å². The fraction of sp³-hybridized carbons (Fsp3) is 0.917. The van der Waals surface area contributed by atoms with Crippen molar-refractivity contribution in [2.45, 2.75) is 39.2 Å². The third-order valence-corrected chi connectivity index (χ3v) is 2.97. The van der Waals surface area contributed by atoms with Crippen LogP contribution < -0.4 is 5.32 Å². The molecule has 0 heterocycles. The summed E-state index contributed by atoms with van der Waals surface area (Å²) >= 11 is 0. The maximum absolute atomic E-state index is 11.6. The molecule has 1 fully saturated rings. The molecule has 1 rings (SSSR count). The van der Waals surface area contributed by atoms with E-state index in [1.807, 2.05) is 0 Å². The lowest BCUT2D eigenvalue weighted by Gasteiger charge is -2.25. The van der Waals surface area contributed by atoms with Gasteiger partial charge in [-0.05, 0) is 39.0 Å². The minimum absolute atomic E-state index is 0.110. The molecule has 0 aliphatic heterocycles. The van der Waals surface area contributed by atoms with Gasteiger partial charge in [0.25, 0.3) is 0 Å². The first-order valence-corrected chi connectivity index (χ1v) is 6.25. The molecule has 0 aromatic heterocycles. The van der Waals surface area contributed by atoms with E-state index in [9.17, 15) is 4.79 Å². The average molecular weight is 228 g/mol. The summed E-state index contributed by atoms with van der Waals surface area (Å²) in [5, 5.41) is 11.8. The SMILES string of the molecule is CC(C)N(CCCO)CC(=O)NCC1CC1. The molecule has 1 aliphatic rings. The maximum Gasteiger partial charge on any atom is 0.234 e. The van der Waals surface area contributed by atoms with E-state index in [-0.39, 0.29) is 12.5 Å². The van der Waals surface area contributed by atoms with Gasteiger partial charge in [0.2, 0.25) is 5.91 Å². The Morgan fingerprint density at radius 2 is 2.19 bits per heavy atom. The predicted molar refractivity (Wildman–Crippen MR) is 64.1 cm³/mol. The highest BCUT2D eigenvalue weighted by Crippen LogP contribution is 2.27. The van der Waals surface area contributed by atoms with E-state index in [0.717, 1.165) is 25.4 Å². The van der Waals surface area contributed by atoms with Crippen LogP contribution in [0.5, 0.6) is 0 Å². The van der Waals surface area contributed by atoms with Crippen molar-refractivity contribution in [3.63, 3.8) is 0 Å². The zero-order chi connectivity index (χ0) is 12.0. The first kappa shape index (κ1) is 13.5. The van der Waals surface area contributed by atoms with Gasteiger partial charge >= 0.3 is 0 Å². The second kappa shape index (κ2) is 6.86. The number of nitrogens with one attached hydrogen (secondary N) is 1. The van der Waals surface area contributed by atoms with Crippen molar-refractivity contribution in [1.29, 1.82) is 0 Å². The summed E-state index contributed by atoms with van der Waals surface area (Å²) < 4.78 is 0. The molecule has 0 bridgehead atoms. The Morgan fingerprint density at radius 3 is 2.69 bits per heavy atom. The molecule has 94 valence electrons. The molecular weight excluding hydrogens is 204 g/mol. The number of carbonyl (C=O) groups excluding carboxylic acids is 1. The number of nitrogens with zero attached hydrogens (tertiary/aromatic N) is 1. The van der Waals surface area contributed by atoms with E-state index >= 15 is 0 Å².